The predicted octanol–water partition coefficient (Wildman–Crippen LogP) is 1.84. The molecule has 1 aromatic heterocycles. The van der Waals surface area contributed by atoms with E-state index in [2.05, 4.69) is 25.7 Å². The van der Waals surface area contributed by atoms with Gasteiger partial charge in [-0.25, -0.2) is 4.98 Å². The Hall–Kier alpha value is -1.31. The van der Waals surface area contributed by atoms with E-state index in [1.54, 1.807) is 0 Å². The SMILES string of the molecule is NC(=O)c1cc(OC(F)(F)F)ncc1Br. The molecule has 0 saturated heterocycles. The van der Waals surface area contributed by atoms with Gasteiger partial charge in [-0.1, -0.05) is 0 Å². The van der Waals surface area contributed by atoms with E-state index in [9.17, 15) is 18.0 Å². The number of nitrogens with zero attached hydrogens (tertiary/aromatic N) is 1. The molecular formula is C7H4BrF3N2O2. The van der Waals surface area contributed by atoms with Gasteiger partial charge in [0, 0.05) is 16.7 Å². The lowest BCUT2D eigenvalue weighted by molar-refractivity contribution is -0.276. The molecule has 0 aliphatic heterocycles. The van der Waals surface area contributed by atoms with Crippen LogP contribution < -0.4 is 10.5 Å². The van der Waals surface area contributed by atoms with E-state index in [1.165, 1.54) is 0 Å². The normalized spacial score (nSPS) is 11.2. The average molecular weight is 285 g/mol. The van der Waals surface area contributed by atoms with Crippen LogP contribution in [-0.4, -0.2) is 17.3 Å². The van der Waals surface area contributed by atoms with Crippen LogP contribution in [0.5, 0.6) is 5.88 Å². The first kappa shape index (κ1) is 11.8. The number of nitrogens with two attached hydrogens (primary N) is 1. The van der Waals surface area contributed by atoms with Crippen LogP contribution in [0.1, 0.15) is 10.4 Å². The van der Waals surface area contributed by atoms with E-state index in [4.69, 9.17) is 5.73 Å². The number of ether oxygens (including phenoxy) is 1. The van der Waals surface area contributed by atoms with Gasteiger partial charge in [0.05, 0.1) is 5.56 Å². The Morgan fingerprint density at radius 3 is 2.60 bits per heavy atom. The Kier molecular flexibility index (Phi) is 3.18. The van der Waals surface area contributed by atoms with Gasteiger partial charge in [-0.15, -0.1) is 13.2 Å². The Bertz CT molecular complexity index is 394. The first-order chi connectivity index (χ1) is 6.79. The van der Waals surface area contributed by atoms with Crippen molar-refractivity contribution in [3.05, 3.63) is 22.3 Å². The molecule has 0 aromatic carbocycles. The van der Waals surface area contributed by atoms with Gasteiger partial charge in [0.1, 0.15) is 0 Å². The molecule has 1 rings (SSSR count). The highest BCUT2D eigenvalue weighted by Gasteiger charge is 2.32. The minimum Gasteiger partial charge on any atom is -0.388 e. The third-order valence-corrected chi connectivity index (χ3v) is 1.95. The van der Waals surface area contributed by atoms with Crippen LogP contribution in [0.3, 0.4) is 0 Å². The van der Waals surface area contributed by atoms with Crippen LogP contribution in [-0.2, 0) is 0 Å². The van der Waals surface area contributed by atoms with Crippen LogP contribution in [0, 0.1) is 0 Å². The maximum atomic E-state index is 11.8. The lowest BCUT2D eigenvalue weighted by Gasteiger charge is -2.08. The maximum Gasteiger partial charge on any atom is 0.574 e. The second kappa shape index (κ2) is 4.05. The van der Waals surface area contributed by atoms with Gasteiger partial charge in [-0.05, 0) is 15.9 Å². The zero-order chi connectivity index (χ0) is 11.6. The molecule has 1 aromatic rings. The lowest BCUT2D eigenvalue weighted by atomic mass is 10.2. The quantitative estimate of drug-likeness (QED) is 0.901. The van der Waals surface area contributed by atoms with Crippen molar-refractivity contribution in [2.75, 3.05) is 0 Å². The predicted molar refractivity (Wildman–Crippen MR) is 47.1 cm³/mol. The standard InChI is InChI=1S/C7H4BrF3N2O2/c8-4-2-13-5(15-7(9,10)11)1-3(4)6(12)14/h1-2H,(H2,12,14). The lowest BCUT2D eigenvalue weighted by Crippen LogP contribution is -2.19. The topological polar surface area (TPSA) is 65.2 Å². The summed E-state index contributed by atoms with van der Waals surface area (Å²) >= 11 is 2.91. The summed E-state index contributed by atoms with van der Waals surface area (Å²) in [6.45, 7) is 0. The fourth-order valence-electron chi connectivity index (χ4n) is 0.783. The summed E-state index contributed by atoms with van der Waals surface area (Å²) in [5.74, 6) is -1.62. The molecule has 1 amide bonds. The average Bonchev–Trinajstić information content (AvgIpc) is 2.05. The zero-order valence-electron chi connectivity index (χ0n) is 7.01. The molecule has 0 bridgehead atoms. The van der Waals surface area contributed by atoms with Crippen LogP contribution in [0.25, 0.3) is 0 Å². The highest BCUT2D eigenvalue weighted by molar-refractivity contribution is 9.10. The van der Waals surface area contributed by atoms with E-state index in [1.807, 2.05) is 0 Å². The molecule has 0 aliphatic rings. The van der Waals surface area contributed by atoms with Crippen molar-refractivity contribution >= 4 is 21.8 Å². The molecule has 0 aliphatic carbocycles. The van der Waals surface area contributed by atoms with Crippen LogP contribution in [0.15, 0.2) is 16.7 Å². The van der Waals surface area contributed by atoms with Gasteiger partial charge in [0.15, 0.2) is 0 Å². The molecule has 0 unspecified atom stereocenters. The molecule has 1 heterocycles. The molecule has 8 heteroatoms. The summed E-state index contributed by atoms with van der Waals surface area (Å²) in [6.07, 6.45) is -3.85. The second-order valence-electron chi connectivity index (χ2n) is 2.41. The molecular weight excluding hydrogens is 281 g/mol. The molecule has 4 nitrogen and oxygen atoms in total. The highest BCUT2D eigenvalue weighted by Crippen LogP contribution is 2.24. The van der Waals surface area contributed by atoms with Crippen molar-refractivity contribution < 1.29 is 22.7 Å². The summed E-state index contributed by atoms with van der Waals surface area (Å²) in [7, 11) is 0. The number of halogens is 4. The van der Waals surface area contributed by atoms with E-state index >= 15 is 0 Å². The third kappa shape index (κ3) is 3.39. The van der Waals surface area contributed by atoms with Crippen molar-refractivity contribution in [1.82, 2.24) is 4.98 Å². The Morgan fingerprint density at radius 2 is 2.13 bits per heavy atom. The van der Waals surface area contributed by atoms with E-state index in [0.29, 0.717) is 0 Å². The Morgan fingerprint density at radius 1 is 1.53 bits per heavy atom. The van der Waals surface area contributed by atoms with E-state index in [-0.39, 0.29) is 10.0 Å². The minimum absolute atomic E-state index is 0.135. The van der Waals surface area contributed by atoms with E-state index < -0.39 is 18.1 Å². The smallest absolute Gasteiger partial charge is 0.388 e. The molecule has 0 atom stereocenters. The zero-order valence-corrected chi connectivity index (χ0v) is 8.59. The number of pyridine rings is 1. The van der Waals surface area contributed by atoms with Gasteiger partial charge >= 0.3 is 6.36 Å². The first-order valence-electron chi connectivity index (χ1n) is 3.50. The van der Waals surface area contributed by atoms with Crippen LogP contribution in [0.2, 0.25) is 0 Å². The summed E-state index contributed by atoms with van der Waals surface area (Å²) in [5, 5.41) is 0. The number of primary amides is 1. The summed E-state index contributed by atoms with van der Waals surface area (Å²) in [5.41, 5.74) is 4.78. The largest absolute Gasteiger partial charge is 0.574 e. The van der Waals surface area contributed by atoms with Crippen LogP contribution in [0.4, 0.5) is 13.2 Å². The first-order valence-corrected chi connectivity index (χ1v) is 4.30. The Labute approximate surface area is 90.4 Å². The van der Waals surface area contributed by atoms with Crippen molar-refractivity contribution in [2.45, 2.75) is 6.36 Å². The van der Waals surface area contributed by atoms with Crippen molar-refractivity contribution in [1.29, 1.82) is 0 Å². The third-order valence-electron chi connectivity index (χ3n) is 1.32. The fourth-order valence-corrected chi connectivity index (χ4v) is 1.19. The number of alkyl halides is 3. The van der Waals surface area contributed by atoms with Gasteiger partial charge < -0.3 is 10.5 Å². The summed E-state index contributed by atoms with van der Waals surface area (Å²) in [6, 6.07) is 0.805. The van der Waals surface area contributed by atoms with Gasteiger partial charge in [-0.2, -0.15) is 0 Å². The monoisotopic (exact) mass is 284 g/mol. The molecule has 0 radical (unpaired) electrons. The number of hydrogen-bond acceptors (Lipinski definition) is 3. The molecule has 82 valence electrons. The molecule has 0 saturated carbocycles. The van der Waals surface area contributed by atoms with Gasteiger partial charge in [0.2, 0.25) is 11.8 Å². The fraction of sp³-hybridized carbons (Fsp3) is 0.143. The number of rotatable bonds is 2. The maximum absolute atomic E-state index is 11.8. The summed E-state index contributed by atoms with van der Waals surface area (Å²) in [4.78, 5) is 14.1. The van der Waals surface area contributed by atoms with Crippen LogP contribution >= 0.6 is 15.9 Å². The molecule has 0 spiro atoms. The number of amides is 1. The Balaban J connectivity index is 3.03. The summed E-state index contributed by atoms with van der Waals surface area (Å²) < 4.78 is 39.1. The second-order valence-corrected chi connectivity index (χ2v) is 3.27. The number of carbonyl (C=O) groups is 1. The number of aromatic nitrogens is 1. The number of hydrogen-bond donors (Lipinski definition) is 1. The van der Waals surface area contributed by atoms with Gasteiger partial charge in [-0.3, -0.25) is 4.79 Å². The molecule has 15 heavy (non-hydrogen) atoms. The van der Waals surface area contributed by atoms with Crippen molar-refractivity contribution in [3.63, 3.8) is 0 Å². The van der Waals surface area contributed by atoms with Gasteiger partial charge in [0.25, 0.3) is 0 Å². The highest BCUT2D eigenvalue weighted by atomic mass is 79.9. The van der Waals surface area contributed by atoms with Crippen molar-refractivity contribution in [2.24, 2.45) is 5.73 Å². The number of carbonyl (C=O) groups excluding carboxylic acids is 1. The molecule has 2 N–H and O–H groups in total. The minimum atomic E-state index is -4.85. The van der Waals surface area contributed by atoms with Crippen molar-refractivity contribution in [3.8, 4) is 5.88 Å². The molecule has 0 fully saturated rings. The van der Waals surface area contributed by atoms with E-state index in [0.717, 1.165) is 12.3 Å².